The van der Waals surface area contributed by atoms with Crippen molar-refractivity contribution in [1.29, 1.82) is 0 Å². The summed E-state index contributed by atoms with van der Waals surface area (Å²) in [6.07, 6.45) is 0. The Morgan fingerprint density at radius 1 is 1.16 bits per heavy atom. The molecule has 0 saturated carbocycles. The van der Waals surface area contributed by atoms with Crippen molar-refractivity contribution in [3.63, 3.8) is 0 Å². The number of aromatic hydroxyl groups is 1. The van der Waals surface area contributed by atoms with E-state index in [0.717, 1.165) is 15.7 Å². The Bertz CT molecular complexity index is 593. The Balaban J connectivity index is 2.12. The predicted octanol–water partition coefficient (Wildman–Crippen LogP) is 5.38. The SMILES string of the molecule is Cc1ccc(CNc2cc(Cl)c(O)c(Cl)c2)cc1Br. The molecule has 0 atom stereocenters. The standard InChI is InChI=1S/C14H12BrCl2NO/c1-8-2-3-9(4-11(8)15)7-18-10-5-12(16)14(19)13(17)6-10/h2-6,18-19H,7H2,1H3. The fourth-order valence-electron chi connectivity index (χ4n) is 1.62. The molecule has 0 spiro atoms. The number of hydrogen-bond acceptors (Lipinski definition) is 2. The lowest BCUT2D eigenvalue weighted by atomic mass is 10.1. The van der Waals surface area contributed by atoms with Gasteiger partial charge >= 0.3 is 0 Å². The number of anilines is 1. The molecule has 0 radical (unpaired) electrons. The molecule has 0 fully saturated rings. The first kappa shape index (κ1) is 14.5. The summed E-state index contributed by atoms with van der Waals surface area (Å²) in [6.45, 7) is 2.69. The van der Waals surface area contributed by atoms with Gasteiger partial charge in [-0.05, 0) is 36.2 Å². The van der Waals surface area contributed by atoms with Crippen LogP contribution in [0.4, 0.5) is 5.69 Å². The van der Waals surface area contributed by atoms with E-state index in [1.54, 1.807) is 12.1 Å². The molecule has 0 amide bonds. The van der Waals surface area contributed by atoms with Crippen molar-refractivity contribution in [3.8, 4) is 5.75 Å². The van der Waals surface area contributed by atoms with Gasteiger partial charge in [-0.15, -0.1) is 0 Å². The molecule has 2 aromatic carbocycles. The number of phenols is 1. The van der Waals surface area contributed by atoms with Gasteiger partial charge in [0.15, 0.2) is 5.75 Å². The van der Waals surface area contributed by atoms with Crippen LogP contribution >= 0.6 is 39.1 Å². The van der Waals surface area contributed by atoms with Crippen LogP contribution < -0.4 is 5.32 Å². The number of halogens is 3. The van der Waals surface area contributed by atoms with Gasteiger partial charge < -0.3 is 10.4 Å². The fraction of sp³-hybridized carbons (Fsp3) is 0.143. The zero-order valence-electron chi connectivity index (χ0n) is 10.2. The minimum Gasteiger partial charge on any atom is -0.505 e. The van der Waals surface area contributed by atoms with Gasteiger partial charge in [-0.2, -0.15) is 0 Å². The molecule has 2 N–H and O–H groups in total. The van der Waals surface area contributed by atoms with E-state index in [9.17, 15) is 5.11 Å². The van der Waals surface area contributed by atoms with Crippen molar-refractivity contribution in [1.82, 2.24) is 0 Å². The molecule has 2 nitrogen and oxygen atoms in total. The van der Waals surface area contributed by atoms with Crippen LogP contribution in [0.5, 0.6) is 5.75 Å². The maximum Gasteiger partial charge on any atom is 0.152 e. The molecule has 5 heteroatoms. The smallest absolute Gasteiger partial charge is 0.152 e. The summed E-state index contributed by atoms with van der Waals surface area (Å²) >= 11 is 15.2. The van der Waals surface area contributed by atoms with Crippen molar-refractivity contribution in [2.24, 2.45) is 0 Å². The van der Waals surface area contributed by atoms with Crippen LogP contribution in [0.15, 0.2) is 34.8 Å². The van der Waals surface area contributed by atoms with Crippen LogP contribution in [-0.4, -0.2) is 5.11 Å². The normalized spacial score (nSPS) is 10.5. The van der Waals surface area contributed by atoms with Crippen LogP contribution in [-0.2, 0) is 6.54 Å². The highest BCUT2D eigenvalue weighted by atomic mass is 79.9. The molecule has 0 unspecified atom stereocenters. The first-order valence-electron chi connectivity index (χ1n) is 5.64. The topological polar surface area (TPSA) is 32.3 Å². The van der Waals surface area contributed by atoms with E-state index in [0.29, 0.717) is 6.54 Å². The molecule has 0 aliphatic heterocycles. The Morgan fingerprint density at radius 3 is 2.37 bits per heavy atom. The van der Waals surface area contributed by atoms with Gasteiger partial charge in [0.25, 0.3) is 0 Å². The molecule has 0 saturated heterocycles. The highest BCUT2D eigenvalue weighted by molar-refractivity contribution is 9.10. The van der Waals surface area contributed by atoms with Gasteiger partial charge in [0.05, 0.1) is 10.0 Å². The van der Waals surface area contributed by atoms with Gasteiger partial charge in [0, 0.05) is 16.7 Å². The highest BCUT2D eigenvalue weighted by Gasteiger charge is 2.06. The van der Waals surface area contributed by atoms with Crippen LogP contribution in [0.25, 0.3) is 0 Å². The number of nitrogens with one attached hydrogen (secondary N) is 1. The van der Waals surface area contributed by atoms with E-state index in [2.05, 4.69) is 39.4 Å². The van der Waals surface area contributed by atoms with Gasteiger partial charge in [0.1, 0.15) is 0 Å². The highest BCUT2D eigenvalue weighted by Crippen LogP contribution is 2.34. The number of rotatable bonds is 3. The van der Waals surface area contributed by atoms with Crippen molar-refractivity contribution in [2.75, 3.05) is 5.32 Å². The van der Waals surface area contributed by atoms with E-state index < -0.39 is 0 Å². The maximum atomic E-state index is 9.49. The van der Waals surface area contributed by atoms with Crippen LogP contribution in [0.3, 0.4) is 0 Å². The van der Waals surface area contributed by atoms with E-state index in [4.69, 9.17) is 23.2 Å². The molecule has 0 aliphatic carbocycles. The van der Waals surface area contributed by atoms with E-state index in [-0.39, 0.29) is 15.8 Å². The molecule has 2 rings (SSSR count). The van der Waals surface area contributed by atoms with E-state index >= 15 is 0 Å². The summed E-state index contributed by atoms with van der Waals surface area (Å²) in [5.41, 5.74) is 3.10. The van der Waals surface area contributed by atoms with Gasteiger partial charge in [-0.25, -0.2) is 0 Å². The summed E-state index contributed by atoms with van der Waals surface area (Å²) in [7, 11) is 0. The third kappa shape index (κ3) is 3.56. The van der Waals surface area contributed by atoms with Crippen molar-refractivity contribution < 1.29 is 5.11 Å². The Kier molecular flexibility index (Phi) is 4.61. The molecule has 100 valence electrons. The summed E-state index contributed by atoms with van der Waals surface area (Å²) in [5.74, 6) is -0.0908. The third-order valence-corrected chi connectivity index (χ3v) is 4.18. The number of hydrogen-bond donors (Lipinski definition) is 2. The van der Waals surface area contributed by atoms with Crippen LogP contribution in [0.1, 0.15) is 11.1 Å². The van der Waals surface area contributed by atoms with E-state index in [1.165, 1.54) is 5.56 Å². The first-order valence-corrected chi connectivity index (χ1v) is 7.19. The Hall–Kier alpha value is -0.900. The lowest BCUT2D eigenvalue weighted by molar-refractivity contribution is 0.476. The second-order valence-electron chi connectivity index (χ2n) is 4.23. The fourth-order valence-corrected chi connectivity index (χ4v) is 2.53. The predicted molar refractivity (Wildman–Crippen MR) is 84.3 cm³/mol. The molecule has 0 bridgehead atoms. The number of phenolic OH excluding ortho intramolecular Hbond substituents is 1. The molecular formula is C14H12BrCl2NO. The van der Waals surface area contributed by atoms with Crippen LogP contribution in [0.2, 0.25) is 10.0 Å². The van der Waals surface area contributed by atoms with Crippen molar-refractivity contribution in [2.45, 2.75) is 13.5 Å². The quantitative estimate of drug-likeness (QED) is 0.720. The molecule has 0 aliphatic rings. The first-order chi connectivity index (χ1) is 8.97. The van der Waals surface area contributed by atoms with E-state index in [1.807, 2.05) is 6.92 Å². The lowest BCUT2D eigenvalue weighted by Gasteiger charge is -2.10. The maximum absolute atomic E-state index is 9.49. The zero-order valence-corrected chi connectivity index (χ0v) is 13.3. The minimum atomic E-state index is -0.0908. The third-order valence-electron chi connectivity index (χ3n) is 2.75. The monoisotopic (exact) mass is 359 g/mol. The summed E-state index contributed by atoms with van der Waals surface area (Å²) < 4.78 is 1.08. The molecule has 2 aromatic rings. The Morgan fingerprint density at radius 2 is 1.79 bits per heavy atom. The number of aryl methyl sites for hydroxylation is 1. The van der Waals surface area contributed by atoms with Gasteiger partial charge in [0.2, 0.25) is 0 Å². The van der Waals surface area contributed by atoms with Gasteiger partial charge in [-0.1, -0.05) is 51.3 Å². The second kappa shape index (κ2) is 6.04. The second-order valence-corrected chi connectivity index (χ2v) is 5.89. The summed E-state index contributed by atoms with van der Waals surface area (Å²) in [4.78, 5) is 0. The van der Waals surface area contributed by atoms with Crippen molar-refractivity contribution >= 4 is 44.8 Å². The van der Waals surface area contributed by atoms with Crippen LogP contribution in [0, 0.1) is 6.92 Å². The van der Waals surface area contributed by atoms with Crippen molar-refractivity contribution in [3.05, 3.63) is 56.0 Å². The average Bonchev–Trinajstić information content (AvgIpc) is 2.37. The molecular weight excluding hydrogens is 349 g/mol. The largest absolute Gasteiger partial charge is 0.505 e. The average molecular weight is 361 g/mol. The lowest BCUT2D eigenvalue weighted by Crippen LogP contribution is -1.99. The van der Waals surface area contributed by atoms with Gasteiger partial charge in [-0.3, -0.25) is 0 Å². The molecule has 0 aromatic heterocycles. The summed E-state index contributed by atoms with van der Waals surface area (Å²) in [6, 6.07) is 9.46. The molecule has 0 heterocycles. The molecule has 19 heavy (non-hydrogen) atoms. The Labute approximate surface area is 130 Å². The minimum absolute atomic E-state index is 0.0908. The summed E-state index contributed by atoms with van der Waals surface area (Å²) in [5, 5.41) is 13.2. The number of benzene rings is 2. The zero-order chi connectivity index (χ0) is 14.0.